The molecule has 0 aliphatic rings. The molecule has 1 aromatic carbocycles. The normalized spacial score (nSPS) is 12.6. The minimum Gasteiger partial charge on any atom is -0.341 e. The number of amides is 1. The Morgan fingerprint density at radius 3 is 2.53 bits per heavy atom. The maximum Gasteiger partial charge on any atom is 0.269 e. The van der Waals surface area contributed by atoms with E-state index in [-0.39, 0.29) is 17.9 Å². The molecule has 4 aromatic rings. The van der Waals surface area contributed by atoms with Crippen LogP contribution in [0.4, 0.5) is 0 Å². The Balaban J connectivity index is 1.63. The number of para-hydroxylation sites is 2. The Morgan fingerprint density at radius 2 is 1.90 bits per heavy atom. The number of carbonyl (C=O) groups excluding carboxylic acids is 1. The molecule has 1 atom stereocenters. The predicted molar refractivity (Wildman–Crippen MR) is 116 cm³/mol. The molecular formula is C22H27N7O. The molecule has 4 rings (SSSR count). The number of hydrogen-bond acceptors (Lipinski definition) is 4. The summed E-state index contributed by atoms with van der Waals surface area (Å²) in [5.74, 6) is 0.784. The average Bonchev–Trinajstić information content (AvgIpc) is 3.37. The molecule has 3 heterocycles. The molecule has 156 valence electrons. The van der Waals surface area contributed by atoms with Crippen LogP contribution in [0.5, 0.6) is 0 Å². The van der Waals surface area contributed by atoms with Crippen LogP contribution in [0, 0.1) is 19.8 Å². The van der Waals surface area contributed by atoms with Gasteiger partial charge in [0.25, 0.3) is 5.91 Å². The smallest absolute Gasteiger partial charge is 0.269 e. The number of nitrogens with one attached hydrogen (secondary N) is 2. The Bertz CT molecular complexity index is 1230. The summed E-state index contributed by atoms with van der Waals surface area (Å²) in [5.41, 5.74) is 5.92. The molecule has 0 radical (unpaired) electrons. The first-order valence-electron chi connectivity index (χ1n) is 10.1. The number of rotatable bonds is 5. The molecule has 0 saturated heterocycles. The maximum atomic E-state index is 13.0. The van der Waals surface area contributed by atoms with Crippen LogP contribution in [0.25, 0.3) is 22.3 Å². The van der Waals surface area contributed by atoms with Crippen LogP contribution in [0.2, 0.25) is 0 Å². The molecule has 0 bridgehead atoms. The maximum absolute atomic E-state index is 13.0. The molecule has 0 spiro atoms. The summed E-state index contributed by atoms with van der Waals surface area (Å²) < 4.78 is 3.86. The summed E-state index contributed by atoms with van der Waals surface area (Å²) >= 11 is 0. The van der Waals surface area contributed by atoms with Crippen molar-refractivity contribution in [3.63, 3.8) is 0 Å². The minimum absolute atomic E-state index is 0.162. The highest BCUT2D eigenvalue weighted by Crippen LogP contribution is 2.27. The monoisotopic (exact) mass is 405 g/mol. The summed E-state index contributed by atoms with van der Waals surface area (Å²) in [6.45, 7) is 8.08. The van der Waals surface area contributed by atoms with Crippen LogP contribution in [0.1, 0.15) is 47.6 Å². The zero-order valence-corrected chi connectivity index (χ0v) is 18.2. The van der Waals surface area contributed by atoms with E-state index in [1.807, 2.05) is 61.5 Å². The van der Waals surface area contributed by atoms with Gasteiger partial charge in [0.2, 0.25) is 0 Å². The van der Waals surface area contributed by atoms with E-state index in [2.05, 4.69) is 34.5 Å². The number of nitrogens with zero attached hydrogens (tertiary/aromatic N) is 5. The van der Waals surface area contributed by atoms with Crippen molar-refractivity contribution in [2.75, 3.05) is 0 Å². The van der Waals surface area contributed by atoms with Crippen molar-refractivity contribution in [3.8, 4) is 11.3 Å². The van der Waals surface area contributed by atoms with Crippen LogP contribution in [-0.2, 0) is 14.1 Å². The number of fused-ring (bicyclic) bond motifs is 1. The molecule has 0 saturated carbocycles. The third-order valence-corrected chi connectivity index (χ3v) is 5.64. The number of aryl methyl sites for hydroxylation is 3. The lowest BCUT2D eigenvalue weighted by Gasteiger charge is -2.21. The van der Waals surface area contributed by atoms with E-state index in [9.17, 15) is 4.79 Å². The van der Waals surface area contributed by atoms with Gasteiger partial charge in [0.1, 0.15) is 11.5 Å². The van der Waals surface area contributed by atoms with Gasteiger partial charge >= 0.3 is 0 Å². The second-order valence-electron chi connectivity index (χ2n) is 8.05. The van der Waals surface area contributed by atoms with Crippen LogP contribution >= 0.6 is 0 Å². The lowest BCUT2D eigenvalue weighted by molar-refractivity contribution is 0.0917. The average molecular weight is 406 g/mol. The molecule has 2 N–H and O–H groups in total. The molecule has 30 heavy (non-hydrogen) atoms. The molecule has 8 nitrogen and oxygen atoms in total. The first kappa shape index (κ1) is 19.9. The number of benzene rings is 1. The fourth-order valence-corrected chi connectivity index (χ4v) is 3.90. The molecule has 3 aromatic heterocycles. The summed E-state index contributed by atoms with van der Waals surface area (Å²) in [6, 6.07) is 9.52. The van der Waals surface area contributed by atoms with Crippen LogP contribution in [0.3, 0.4) is 0 Å². The highest BCUT2D eigenvalue weighted by atomic mass is 16.2. The van der Waals surface area contributed by atoms with Gasteiger partial charge < -0.3 is 9.88 Å². The fourth-order valence-electron chi connectivity index (χ4n) is 3.90. The Kier molecular flexibility index (Phi) is 4.93. The summed E-state index contributed by atoms with van der Waals surface area (Å²) in [7, 11) is 3.88. The highest BCUT2D eigenvalue weighted by molar-refractivity contribution is 5.93. The van der Waals surface area contributed by atoms with Gasteiger partial charge in [-0.1, -0.05) is 26.0 Å². The van der Waals surface area contributed by atoms with E-state index < -0.39 is 0 Å². The minimum atomic E-state index is -0.233. The standard InChI is InChI=1S/C22H27N7O/c1-12(2)20(21-23-15-9-7-8-10-18(15)28(21)5)24-22(30)17-11-16(25-26-17)19-13(3)27-29(6)14(19)4/h7-12,20H,1-6H3,(H,24,30)(H,25,26)/t20-/m0/s1. The highest BCUT2D eigenvalue weighted by Gasteiger charge is 2.25. The van der Waals surface area contributed by atoms with Gasteiger partial charge in [-0.3, -0.25) is 14.6 Å². The predicted octanol–water partition coefficient (Wildman–Crippen LogP) is 3.44. The molecule has 0 aliphatic heterocycles. The molecule has 0 aliphatic carbocycles. The second-order valence-corrected chi connectivity index (χ2v) is 8.05. The van der Waals surface area contributed by atoms with E-state index in [1.165, 1.54) is 0 Å². The van der Waals surface area contributed by atoms with Crippen LogP contribution in [-0.4, -0.2) is 35.4 Å². The van der Waals surface area contributed by atoms with E-state index >= 15 is 0 Å². The van der Waals surface area contributed by atoms with Crippen molar-refractivity contribution in [2.24, 2.45) is 20.0 Å². The van der Waals surface area contributed by atoms with Crippen molar-refractivity contribution in [3.05, 3.63) is 53.2 Å². The van der Waals surface area contributed by atoms with Gasteiger partial charge in [-0.2, -0.15) is 10.2 Å². The Hall–Kier alpha value is -3.42. The Labute approximate surface area is 175 Å². The van der Waals surface area contributed by atoms with Gasteiger partial charge in [0.15, 0.2) is 0 Å². The number of H-pyrrole nitrogens is 1. The number of carbonyl (C=O) groups is 1. The van der Waals surface area contributed by atoms with Crippen LogP contribution < -0.4 is 5.32 Å². The molecule has 0 unspecified atom stereocenters. The SMILES string of the molecule is Cc1nn(C)c(C)c1-c1cc(C(=O)N[C@H](c2nc3ccccc3n2C)C(C)C)[nH]n1. The lowest BCUT2D eigenvalue weighted by Crippen LogP contribution is -2.33. The summed E-state index contributed by atoms with van der Waals surface area (Å²) in [5, 5.41) is 14.8. The fraction of sp³-hybridized carbons (Fsp3) is 0.364. The van der Waals surface area contributed by atoms with E-state index in [0.29, 0.717) is 11.4 Å². The van der Waals surface area contributed by atoms with Crippen molar-refractivity contribution in [2.45, 2.75) is 33.7 Å². The molecular weight excluding hydrogens is 378 g/mol. The van der Waals surface area contributed by atoms with Gasteiger partial charge in [0.05, 0.1) is 28.5 Å². The first-order valence-corrected chi connectivity index (χ1v) is 10.1. The zero-order valence-electron chi connectivity index (χ0n) is 18.2. The van der Waals surface area contributed by atoms with Crippen molar-refractivity contribution < 1.29 is 4.79 Å². The quantitative estimate of drug-likeness (QED) is 0.532. The van der Waals surface area contributed by atoms with Crippen LogP contribution in [0.15, 0.2) is 30.3 Å². The van der Waals surface area contributed by atoms with E-state index in [4.69, 9.17) is 4.98 Å². The van der Waals surface area contributed by atoms with Crippen molar-refractivity contribution >= 4 is 16.9 Å². The number of aromatic amines is 1. The van der Waals surface area contributed by atoms with Crippen molar-refractivity contribution in [1.82, 2.24) is 34.8 Å². The number of hydrogen-bond donors (Lipinski definition) is 2. The number of imidazole rings is 1. The molecule has 1 amide bonds. The molecule has 8 heteroatoms. The summed E-state index contributed by atoms with van der Waals surface area (Å²) in [6.07, 6.45) is 0. The third-order valence-electron chi connectivity index (χ3n) is 5.64. The summed E-state index contributed by atoms with van der Waals surface area (Å²) in [4.78, 5) is 17.8. The first-order chi connectivity index (χ1) is 14.3. The second kappa shape index (κ2) is 7.44. The van der Waals surface area contributed by atoms with Gasteiger partial charge in [-0.25, -0.2) is 4.98 Å². The van der Waals surface area contributed by atoms with Gasteiger partial charge in [-0.15, -0.1) is 0 Å². The zero-order chi connectivity index (χ0) is 21.6. The number of aromatic nitrogens is 6. The topological polar surface area (TPSA) is 93.4 Å². The van der Waals surface area contributed by atoms with Gasteiger partial charge in [0, 0.05) is 25.4 Å². The third kappa shape index (κ3) is 3.28. The van der Waals surface area contributed by atoms with Gasteiger partial charge in [-0.05, 0) is 38.0 Å². The largest absolute Gasteiger partial charge is 0.341 e. The molecule has 0 fully saturated rings. The van der Waals surface area contributed by atoms with E-state index in [1.54, 1.807) is 6.07 Å². The van der Waals surface area contributed by atoms with E-state index in [0.717, 1.165) is 33.8 Å². The van der Waals surface area contributed by atoms with Crippen molar-refractivity contribution in [1.29, 1.82) is 0 Å². The Morgan fingerprint density at radius 1 is 1.17 bits per heavy atom. The lowest BCUT2D eigenvalue weighted by atomic mass is 10.0.